The molecule has 0 bridgehead atoms. The highest BCUT2D eigenvalue weighted by atomic mass is 16.2. The number of carbonyl (C=O) groups excluding carboxylic acids is 1. The molecule has 0 saturated carbocycles. The molecule has 1 aliphatic rings. The van der Waals surface area contributed by atoms with Crippen molar-refractivity contribution >= 4 is 16.9 Å². The van der Waals surface area contributed by atoms with Gasteiger partial charge in [-0.2, -0.15) is 10.2 Å². The van der Waals surface area contributed by atoms with E-state index < -0.39 is 0 Å². The summed E-state index contributed by atoms with van der Waals surface area (Å²) in [6.07, 6.45) is 2.32. The Hall–Kier alpha value is -1.89. The van der Waals surface area contributed by atoms with Crippen molar-refractivity contribution in [2.24, 2.45) is 7.05 Å². The summed E-state index contributed by atoms with van der Waals surface area (Å²) in [4.78, 5) is 16.7. The van der Waals surface area contributed by atoms with Crippen LogP contribution in [0.1, 0.15) is 19.0 Å². The van der Waals surface area contributed by atoms with Crippen molar-refractivity contribution in [3.8, 4) is 0 Å². The molecule has 0 radical (unpaired) electrons. The monoisotopic (exact) mass is 304 g/mol. The highest BCUT2D eigenvalue weighted by Crippen LogP contribution is 2.17. The second-order valence-corrected chi connectivity index (χ2v) is 5.88. The minimum absolute atomic E-state index is 0.223. The molecule has 120 valence electrons. The van der Waals surface area contributed by atoms with Gasteiger partial charge in [0, 0.05) is 39.6 Å². The number of fused-ring (bicyclic) bond motifs is 1. The van der Waals surface area contributed by atoms with Crippen molar-refractivity contribution in [2.75, 3.05) is 32.7 Å². The third kappa shape index (κ3) is 2.72. The molecule has 2 aromatic rings. The number of carbonyl (C=O) groups is 1. The molecule has 0 N–H and O–H groups in total. The third-order valence-electron chi connectivity index (χ3n) is 4.52. The first kappa shape index (κ1) is 15.0. The number of nitrogens with zero attached hydrogens (tertiary/aromatic N) is 6. The summed E-state index contributed by atoms with van der Waals surface area (Å²) in [6, 6.07) is 0. The van der Waals surface area contributed by atoms with Crippen molar-refractivity contribution < 1.29 is 4.79 Å². The molecule has 1 amide bonds. The van der Waals surface area contributed by atoms with Gasteiger partial charge in [-0.05, 0) is 13.5 Å². The Morgan fingerprint density at radius 2 is 2.00 bits per heavy atom. The lowest BCUT2D eigenvalue weighted by Gasteiger charge is -2.34. The number of amides is 1. The van der Waals surface area contributed by atoms with E-state index in [4.69, 9.17) is 0 Å². The standard InChI is InChI=1S/C15H24N6O/c1-4-19-7-9-20(10-8-19)14(22)5-6-21-15-12(2)17-18(3)13(15)11-16-21/h11H,4-10H2,1-3H3. The fraction of sp³-hybridized carbons (Fsp3) is 0.667. The van der Waals surface area contributed by atoms with E-state index in [1.54, 1.807) is 0 Å². The van der Waals surface area contributed by atoms with E-state index in [9.17, 15) is 4.79 Å². The molecule has 7 nitrogen and oxygen atoms in total. The minimum atomic E-state index is 0.223. The van der Waals surface area contributed by atoms with Crippen LogP contribution < -0.4 is 0 Å². The van der Waals surface area contributed by atoms with Gasteiger partial charge in [-0.15, -0.1) is 0 Å². The third-order valence-corrected chi connectivity index (χ3v) is 4.52. The van der Waals surface area contributed by atoms with Gasteiger partial charge in [-0.1, -0.05) is 6.92 Å². The molecule has 3 rings (SSSR count). The summed E-state index contributed by atoms with van der Waals surface area (Å²) in [5, 5.41) is 8.80. The minimum Gasteiger partial charge on any atom is -0.340 e. The van der Waals surface area contributed by atoms with Crippen LogP contribution in [0.2, 0.25) is 0 Å². The van der Waals surface area contributed by atoms with E-state index in [2.05, 4.69) is 22.0 Å². The van der Waals surface area contributed by atoms with Crippen LogP contribution in [0.5, 0.6) is 0 Å². The molecule has 7 heteroatoms. The zero-order chi connectivity index (χ0) is 15.7. The van der Waals surface area contributed by atoms with Crippen LogP contribution >= 0.6 is 0 Å². The first-order valence-electron chi connectivity index (χ1n) is 7.95. The van der Waals surface area contributed by atoms with Gasteiger partial charge in [0.2, 0.25) is 5.91 Å². The predicted octanol–water partition coefficient (Wildman–Crippen LogP) is 0.632. The summed E-state index contributed by atoms with van der Waals surface area (Å²) >= 11 is 0. The Bertz CT molecular complexity index is 665. The number of likely N-dealkylation sites (N-methyl/N-ethyl adjacent to an activating group) is 1. The number of hydrogen-bond acceptors (Lipinski definition) is 4. The van der Waals surface area contributed by atoms with Gasteiger partial charge >= 0.3 is 0 Å². The first-order valence-corrected chi connectivity index (χ1v) is 7.95. The highest BCUT2D eigenvalue weighted by Gasteiger charge is 2.20. The Morgan fingerprint density at radius 3 is 2.68 bits per heavy atom. The quantitative estimate of drug-likeness (QED) is 0.831. The number of hydrogen-bond donors (Lipinski definition) is 0. The van der Waals surface area contributed by atoms with E-state index >= 15 is 0 Å². The first-order chi connectivity index (χ1) is 10.6. The molecule has 0 aliphatic carbocycles. The Morgan fingerprint density at radius 1 is 1.27 bits per heavy atom. The van der Waals surface area contributed by atoms with Gasteiger partial charge in [-0.3, -0.25) is 14.2 Å². The van der Waals surface area contributed by atoms with Crippen LogP contribution in [-0.2, 0) is 18.4 Å². The molecule has 22 heavy (non-hydrogen) atoms. The summed E-state index contributed by atoms with van der Waals surface area (Å²) < 4.78 is 3.73. The fourth-order valence-corrected chi connectivity index (χ4v) is 3.15. The van der Waals surface area contributed by atoms with Gasteiger partial charge < -0.3 is 9.80 Å². The summed E-state index contributed by atoms with van der Waals surface area (Å²) in [6.45, 7) is 9.46. The molecule has 0 spiro atoms. The van der Waals surface area contributed by atoms with Crippen molar-refractivity contribution in [3.05, 3.63) is 11.9 Å². The van der Waals surface area contributed by atoms with Crippen molar-refractivity contribution in [1.82, 2.24) is 29.4 Å². The van der Waals surface area contributed by atoms with Crippen molar-refractivity contribution in [1.29, 1.82) is 0 Å². The molecule has 0 atom stereocenters. The molecule has 2 aromatic heterocycles. The van der Waals surface area contributed by atoms with Crippen LogP contribution in [-0.4, -0.2) is 68.0 Å². The van der Waals surface area contributed by atoms with E-state index in [-0.39, 0.29) is 5.91 Å². The number of rotatable bonds is 4. The zero-order valence-electron chi connectivity index (χ0n) is 13.6. The lowest BCUT2D eigenvalue weighted by atomic mass is 10.2. The lowest BCUT2D eigenvalue weighted by Crippen LogP contribution is -2.48. The van der Waals surface area contributed by atoms with Crippen molar-refractivity contribution in [2.45, 2.75) is 26.8 Å². The maximum atomic E-state index is 12.4. The molecule has 1 aliphatic heterocycles. The van der Waals surface area contributed by atoms with Gasteiger partial charge in [0.1, 0.15) is 11.0 Å². The molecular formula is C15H24N6O. The molecular weight excluding hydrogens is 280 g/mol. The SMILES string of the molecule is CCN1CCN(C(=O)CCn2ncc3c2c(C)nn3C)CC1. The van der Waals surface area contributed by atoms with Gasteiger partial charge in [-0.25, -0.2) is 0 Å². The number of aromatic nitrogens is 4. The average Bonchev–Trinajstić information content (AvgIpc) is 3.07. The van der Waals surface area contributed by atoms with Gasteiger partial charge in [0.15, 0.2) is 0 Å². The topological polar surface area (TPSA) is 59.2 Å². The summed E-state index contributed by atoms with van der Waals surface area (Å²) in [7, 11) is 1.92. The second kappa shape index (κ2) is 6.08. The Labute approximate surface area is 130 Å². The van der Waals surface area contributed by atoms with E-state index in [0.29, 0.717) is 13.0 Å². The van der Waals surface area contributed by atoms with Gasteiger partial charge in [0.25, 0.3) is 0 Å². The van der Waals surface area contributed by atoms with Crippen LogP contribution in [0.25, 0.3) is 11.0 Å². The average molecular weight is 304 g/mol. The summed E-state index contributed by atoms with van der Waals surface area (Å²) in [5.41, 5.74) is 3.01. The van der Waals surface area contributed by atoms with Crippen LogP contribution in [0.4, 0.5) is 0 Å². The largest absolute Gasteiger partial charge is 0.340 e. The van der Waals surface area contributed by atoms with Crippen molar-refractivity contribution in [3.63, 3.8) is 0 Å². The predicted molar refractivity (Wildman–Crippen MR) is 84.5 cm³/mol. The van der Waals surface area contributed by atoms with Crippen LogP contribution in [0, 0.1) is 6.92 Å². The molecule has 0 aromatic carbocycles. The molecule has 0 unspecified atom stereocenters. The fourth-order valence-electron chi connectivity index (χ4n) is 3.15. The Kier molecular flexibility index (Phi) is 4.15. The van der Waals surface area contributed by atoms with E-state index in [1.807, 2.05) is 34.4 Å². The smallest absolute Gasteiger partial charge is 0.224 e. The Balaban J connectivity index is 1.61. The maximum absolute atomic E-state index is 12.4. The zero-order valence-corrected chi connectivity index (χ0v) is 13.6. The summed E-state index contributed by atoms with van der Waals surface area (Å²) in [5.74, 6) is 0.223. The maximum Gasteiger partial charge on any atom is 0.224 e. The highest BCUT2D eigenvalue weighted by molar-refractivity contribution is 5.78. The van der Waals surface area contributed by atoms with Crippen LogP contribution in [0.3, 0.4) is 0 Å². The van der Waals surface area contributed by atoms with Gasteiger partial charge in [0.05, 0.1) is 18.4 Å². The number of aryl methyl sites for hydroxylation is 3. The molecule has 3 heterocycles. The lowest BCUT2D eigenvalue weighted by molar-refractivity contribution is -0.133. The molecule has 1 saturated heterocycles. The second-order valence-electron chi connectivity index (χ2n) is 5.88. The normalized spacial score (nSPS) is 16.6. The van der Waals surface area contributed by atoms with E-state index in [0.717, 1.165) is 49.5 Å². The van der Waals surface area contributed by atoms with Crippen LogP contribution in [0.15, 0.2) is 6.20 Å². The van der Waals surface area contributed by atoms with E-state index in [1.165, 1.54) is 0 Å². The molecule has 1 fully saturated rings. The number of piperazine rings is 1.